The summed E-state index contributed by atoms with van der Waals surface area (Å²) < 4.78 is 2.15. The molecule has 4 aromatic rings. The highest BCUT2D eigenvalue weighted by molar-refractivity contribution is 7.99. The number of thioether (sulfide) groups is 1. The minimum Gasteiger partial charge on any atom is -0.345 e. The van der Waals surface area contributed by atoms with Crippen LogP contribution in [0.4, 0.5) is 0 Å². The predicted octanol–water partition coefficient (Wildman–Crippen LogP) is 4.54. The van der Waals surface area contributed by atoms with E-state index in [0.29, 0.717) is 5.75 Å². The third-order valence-corrected chi connectivity index (χ3v) is 5.93. The van der Waals surface area contributed by atoms with Gasteiger partial charge in [-0.15, -0.1) is 0 Å². The third kappa shape index (κ3) is 4.00. The first kappa shape index (κ1) is 19.5. The first-order chi connectivity index (χ1) is 14.1. The Morgan fingerprint density at radius 2 is 1.83 bits per heavy atom. The zero-order valence-electron chi connectivity index (χ0n) is 16.8. The average Bonchev–Trinajstić information content (AvgIpc) is 3.30. The number of imidazole rings is 2. The van der Waals surface area contributed by atoms with Crippen LogP contribution in [-0.2, 0) is 11.3 Å². The molecule has 0 aliphatic heterocycles. The molecule has 0 bridgehead atoms. The van der Waals surface area contributed by atoms with E-state index in [-0.39, 0.29) is 17.9 Å². The van der Waals surface area contributed by atoms with Gasteiger partial charge >= 0.3 is 0 Å². The van der Waals surface area contributed by atoms with Crippen LogP contribution in [0.15, 0.2) is 53.7 Å². The molecule has 2 heterocycles. The maximum absolute atomic E-state index is 12.7. The number of carbonyl (C=O) groups is 1. The number of aromatic amines is 1. The van der Waals surface area contributed by atoms with Crippen molar-refractivity contribution in [1.29, 1.82) is 0 Å². The largest absolute Gasteiger partial charge is 0.345 e. The maximum Gasteiger partial charge on any atom is 0.231 e. The lowest BCUT2D eigenvalue weighted by Gasteiger charge is -2.20. The smallest absolute Gasteiger partial charge is 0.231 e. The molecule has 7 heteroatoms. The highest BCUT2D eigenvalue weighted by atomic mass is 32.2. The Morgan fingerprint density at radius 1 is 1.10 bits per heavy atom. The Hall–Kier alpha value is -2.80. The van der Waals surface area contributed by atoms with Gasteiger partial charge in [-0.1, -0.05) is 49.9 Å². The van der Waals surface area contributed by atoms with Crippen molar-refractivity contribution in [2.75, 3.05) is 5.75 Å². The van der Waals surface area contributed by atoms with E-state index in [1.807, 2.05) is 42.5 Å². The Bertz CT molecular complexity index is 1110. The predicted molar refractivity (Wildman–Crippen MR) is 118 cm³/mol. The summed E-state index contributed by atoms with van der Waals surface area (Å²) in [6.45, 7) is 7.08. The summed E-state index contributed by atoms with van der Waals surface area (Å²) in [4.78, 5) is 25.4. The number of rotatable bonds is 7. The normalized spacial score (nSPS) is 12.7. The Kier molecular flexibility index (Phi) is 5.58. The number of amides is 1. The van der Waals surface area contributed by atoms with Gasteiger partial charge in [0.05, 0.1) is 33.9 Å². The molecule has 1 amide bonds. The number of carbonyl (C=O) groups excluding carboxylic acids is 1. The molecular formula is C22H25N5OS. The molecule has 2 aromatic carbocycles. The summed E-state index contributed by atoms with van der Waals surface area (Å²) in [6.07, 6.45) is 0. The standard InChI is InChI=1S/C22H25N5OS/c1-4-27-18-12-8-7-11-17(18)25-22(27)29-13-19(28)26-20(14(2)3)21-23-15-9-5-6-10-16(15)24-21/h5-12,14,20H,4,13H2,1-3H3,(H,23,24)(H,26,28). The minimum absolute atomic E-state index is 0.0242. The van der Waals surface area contributed by atoms with Gasteiger partial charge < -0.3 is 14.9 Å². The van der Waals surface area contributed by atoms with Crippen molar-refractivity contribution in [2.24, 2.45) is 5.92 Å². The quantitative estimate of drug-likeness (QED) is 0.441. The van der Waals surface area contributed by atoms with E-state index in [1.165, 1.54) is 11.8 Å². The average molecular weight is 408 g/mol. The molecule has 0 fully saturated rings. The van der Waals surface area contributed by atoms with Crippen LogP contribution >= 0.6 is 11.8 Å². The van der Waals surface area contributed by atoms with Crippen LogP contribution in [0.2, 0.25) is 0 Å². The van der Waals surface area contributed by atoms with Crippen LogP contribution in [0.1, 0.15) is 32.6 Å². The molecule has 0 spiro atoms. The first-order valence-electron chi connectivity index (χ1n) is 9.89. The summed E-state index contributed by atoms with van der Waals surface area (Å²) in [5, 5.41) is 4.01. The van der Waals surface area contributed by atoms with Crippen molar-refractivity contribution in [3.05, 3.63) is 54.4 Å². The number of aryl methyl sites for hydroxylation is 1. The molecule has 0 saturated heterocycles. The van der Waals surface area contributed by atoms with Gasteiger partial charge in [-0.3, -0.25) is 4.79 Å². The van der Waals surface area contributed by atoms with Crippen LogP contribution in [0, 0.1) is 5.92 Å². The van der Waals surface area contributed by atoms with E-state index in [1.54, 1.807) is 0 Å². The summed E-state index contributed by atoms with van der Waals surface area (Å²) in [5.41, 5.74) is 3.95. The van der Waals surface area contributed by atoms with Gasteiger partial charge in [-0.2, -0.15) is 0 Å². The summed E-state index contributed by atoms with van der Waals surface area (Å²) in [5.74, 6) is 1.29. The lowest BCUT2D eigenvalue weighted by molar-refractivity contribution is -0.119. The van der Waals surface area contributed by atoms with Gasteiger partial charge in [0, 0.05) is 6.54 Å². The van der Waals surface area contributed by atoms with Gasteiger partial charge in [-0.25, -0.2) is 9.97 Å². The highest BCUT2D eigenvalue weighted by Crippen LogP contribution is 2.25. The van der Waals surface area contributed by atoms with E-state index >= 15 is 0 Å². The van der Waals surface area contributed by atoms with Gasteiger partial charge in [0.1, 0.15) is 5.82 Å². The number of nitrogens with one attached hydrogen (secondary N) is 2. The van der Waals surface area contributed by atoms with Crippen LogP contribution in [-0.4, -0.2) is 31.2 Å². The number of nitrogens with zero attached hydrogens (tertiary/aromatic N) is 3. The molecule has 1 atom stereocenters. The van der Waals surface area contributed by atoms with E-state index in [4.69, 9.17) is 0 Å². The fourth-order valence-corrected chi connectivity index (χ4v) is 4.37. The second-order valence-corrected chi connectivity index (χ2v) is 8.29. The zero-order valence-corrected chi connectivity index (χ0v) is 17.7. The topological polar surface area (TPSA) is 75.6 Å². The number of fused-ring (bicyclic) bond motifs is 2. The number of H-pyrrole nitrogens is 1. The molecule has 4 rings (SSSR count). The molecule has 29 heavy (non-hydrogen) atoms. The Labute approximate surface area is 174 Å². The first-order valence-corrected chi connectivity index (χ1v) is 10.9. The maximum atomic E-state index is 12.7. The fourth-order valence-electron chi connectivity index (χ4n) is 3.48. The number of benzene rings is 2. The number of para-hydroxylation sites is 4. The third-order valence-electron chi connectivity index (χ3n) is 4.95. The van der Waals surface area contributed by atoms with Gasteiger partial charge in [0.15, 0.2) is 5.16 Å². The van der Waals surface area contributed by atoms with Crippen molar-refractivity contribution in [3.8, 4) is 0 Å². The SMILES string of the molecule is CCn1c(SCC(=O)NC(c2nc3ccccc3[nH]2)C(C)C)nc2ccccc21. The summed E-state index contributed by atoms with van der Waals surface area (Å²) in [6, 6.07) is 15.8. The van der Waals surface area contributed by atoms with Crippen molar-refractivity contribution in [2.45, 2.75) is 38.5 Å². The molecule has 0 aliphatic carbocycles. The van der Waals surface area contributed by atoms with E-state index in [0.717, 1.165) is 39.6 Å². The van der Waals surface area contributed by atoms with Crippen LogP contribution < -0.4 is 5.32 Å². The monoisotopic (exact) mass is 407 g/mol. The number of aromatic nitrogens is 4. The van der Waals surface area contributed by atoms with Crippen molar-refractivity contribution < 1.29 is 4.79 Å². The lowest BCUT2D eigenvalue weighted by atomic mass is 10.0. The van der Waals surface area contributed by atoms with Crippen molar-refractivity contribution in [1.82, 2.24) is 24.8 Å². The highest BCUT2D eigenvalue weighted by Gasteiger charge is 2.22. The molecular weight excluding hydrogens is 382 g/mol. The Balaban J connectivity index is 1.48. The van der Waals surface area contributed by atoms with Gasteiger partial charge in [0.2, 0.25) is 5.91 Å². The number of hydrogen-bond donors (Lipinski definition) is 2. The van der Waals surface area contributed by atoms with E-state index in [2.05, 4.69) is 51.7 Å². The lowest BCUT2D eigenvalue weighted by Crippen LogP contribution is -2.33. The van der Waals surface area contributed by atoms with Crippen molar-refractivity contribution in [3.63, 3.8) is 0 Å². The van der Waals surface area contributed by atoms with Crippen LogP contribution in [0.5, 0.6) is 0 Å². The van der Waals surface area contributed by atoms with Crippen LogP contribution in [0.3, 0.4) is 0 Å². The fraction of sp³-hybridized carbons (Fsp3) is 0.318. The summed E-state index contributed by atoms with van der Waals surface area (Å²) in [7, 11) is 0. The van der Waals surface area contributed by atoms with E-state index < -0.39 is 0 Å². The Morgan fingerprint density at radius 3 is 2.55 bits per heavy atom. The molecule has 0 radical (unpaired) electrons. The number of hydrogen-bond acceptors (Lipinski definition) is 4. The van der Waals surface area contributed by atoms with Crippen LogP contribution in [0.25, 0.3) is 22.1 Å². The van der Waals surface area contributed by atoms with Gasteiger partial charge in [-0.05, 0) is 37.1 Å². The van der Waals surface area contributed by atoms with Gasteiger partial charge in [0.25, 0.3) is 0 Å². The molecule has 0 aliphatic rings. The molecule has 2 aromatic heterocycles. The second kappa shape index (κ2) is 8.29. The van der Waals surface area contributed by atoms with Crippen molar-refractivity contribution >= 4 is 39.7 Å². The molecule has 1 unspecified atom stereocenters. The molecule has 2 N–H and O–H groups in total. The molecule has 150 valence electrons. The summed E-state index contributed by atoms with van der Waals surface area (Å²) >= 11 is 1.47. The molecule has 0 saturated carbocycles. The molecule has 6 nitrogen and oxygen atoms in total. The second-order valence-electron chi connectivity index (χ2n) is 7.34. The zero-order chi connectivity index (χ0) is 20.4. The minimum atomic E-state index is -0.166. The van der Waals surface area contributed by atoms with E-state index in [9.17, 15) is 4.79 Å².